The van der Waals surface area contributed by atoms with Crippen molar-refractivity contribution >= 4 is 17.3 Å². The van der Waals surface area contributed by atoms with E-state index in [1.54, 1.807) is 11.3 Å². The van der Waals surface area contributed by atoms with Crippen molar-refractivity contribution in [3.63, 3.8) is 0 Å². The van der Waals surface area contributed by atoms with Crippen LogP contribution in [0.3, 0.4) is 0 Å². The SMILES string of the molecule is C[C@@H]1CCCN(c2ncc3c(n2)C[C@@H]2CC[C@@H]3N2Cc2cn[nH]c2-c2cccs2)C1. The number of rotatable bonds is 4. The maximum atomic E-state index is 5.07. The molecule has 0 saturated carbocycles. The summed E-state index contributed by atoms with van der Waals surface area (Å²) in [6.07, 6.45) is 10.2. The highest BCUT2D eigenvalue weighted by Gasteiger charge is 2.41. The molecule has 0 aromatic carbocycles. The van der Waals surface area contributed by atoms with Crippen LogP contribution in [0, 0.1) is 5.92 Å². The zero-order chi connectivity index (χ0) is 20.1. The van der Waals surface area contributed by atoms with Gasteiger partial charge in [-0.25, -0.2) is 9.97 Å². The lowest BCUT2D eigenvalue weighted by Gasteiger charge is -2.36. The van der Waals surface area contributed by atoms with Crippen molar-refractivity contribution in [2.75, 3.05) is 18.0 Å². The summed E-state index contributed by atoms with van der Waals surface area (Å²) in [5, 5.41) is 9.69. The van der Waals surface area contributed by atoms with Gasteiger partial charge >= 0.3 is 0 Å². The Labute approximate surface area is 181 Å². The molecule has 0 aliphatic carbocycles. The van der Waals surface area contributed by atoms with E-state index >= 15 is 0 Å². The molecule has 0 amide bonds. The summed E-state index contributed by atoms with van der Waals surface area (Å²) in [4.78, 5) is 16.2. The van der Waals surface area contributed by atoms with Crippen molar-refractivity contribution in [3.8, 4) is 10.6 Å². The van der Waals surface area contributed by atoms with Crippen LogP contribution < -0.4 is 4.90 Å². The number of aromatic nitrogens is 4. The molecule has 6 rings (SSSR count). The summed E-state index contributed by atoms with van der Waals surface area (Å²) in [5.74, 6) is 1.68. The van der Waals surface area contributed by atoms with Gasteiger partial charge in [-0.1, -0.05) is 13.0 Å². The third kappa shape index (κ3) is 3.15. The summed E-state index contributed by atoms with van der Waals surface area (Å²) >= 11 is 1.76. The van der Waals surface area contributed by atoms with Gasteiger partial charge in [0, 0.05) is 55.5 Å². The van der Waals surface area contributed by atoms with E-state index in [1.807, 2.05) is 6.20 Å². The standard InChI is InChI=1S/C23H28N6S/c1-15-4-2-8-28(13-15)23-24-12-18-19(26-23)10-17-6-7-20(18)29(17)14-16-11-25-27-22(16)21-5-3-9-30-21/h3,5,9,11-12,15,17,20H,2,4,6-8,10,13-14H2,1H3,(H,25,27)/t15-,17+,20+/m1/s1. The molecule has 2 saturated heterocycles. The molecule has 30 heavy (non-hydrogen) atoms. The summed E-state index contributed by atoms with van der Waals surface area (Å²) in [6.45, 7) is 5.45. The van der Waals surface area contributed by atoms with Crippen LogP contribution >= 0.6 is 11.3 Å². The van der Waals surface area contributed by atoms with E-state index < -0.39 is 0 Å². The number of piperidine rings is 1. The molecule has 1 N–H and O–H groups in total. The van der Waals surface area contributed by atoms with Crippen LogP contribution in [-0.2, 0) is 13.0 Å². The van der Waals surface area contributed by atoms with Gasteiger partial charge in [0.25, 0.3) is 0 Å². The zero-order valence-electron chi connectivity index (χ0n) is 17.4. The number of nitrogens with zero attached hydrogens (tertiary/aromatic N) is 5. The first kappa shape index (κ1) is 18.5. The van der Waals surface area contributed by atoms with Gasteiger partial charge in [0.1, 0.15) is 0 Å². The second-order valence-corrected chi connectivity index (χ2v) is 10.1. The molecule has 6 heterocycles. The van der Waals surface area contributed by atoms with E-state index in [9.17, 15) is 0 Å². The zero-order valence-corrected chi connectivity index (χ0v) is 18.2. The molecule has 6 nitrogen and oxygen atoms in total. The predicted octanol–water partition coefficient (Wildman–Crippen LogP) is 4.43. The Morgan fingerprint density at radius 3 is 3.07 bits per heavy atom. The first-order valence-corrected chi connectivity index (χ1v) is 12.1. The predicted molar refractivity (Wildman–Crippen MR) is 120 cm³/mol. The number of hydrogen-bond acceptors (Lipinski definition) is 6. The number of anilines is 1. The number of aromatic amines is 1. The van der Waals surface area contributed by atoms with E-state index in [0.717, 1.165) is 37.9 Å². The summed E-state index contributed by atoms with van der Waals surface area (Å²) < 4.78 is 0. The van der Waals surface area contributed by atoms with E-state index in [4.69, 9.17) is 9.97 Å². The van der Waals surface area contributed by atoms with Crippen LogP contribution in [0.25, 0.3) is 10.6 Å². The minimum absolute atomic E-state index is 0.430. The van der Waals surface area contributed by atoms with E-state index in [2.05, 4.69) is 50.6 Å². The molecule has 3 aromatic rings. The molecule has 2 fully saturated rings. The fourth-order valence-corrected chi connectivity index (χ4v) is 6.35. The average molecular weight is 421 g/mol. The molecule has 3 aromatic heterocycles. The van der Waals surface area contributed by atoms with E-state index in [-0.39, 0.29) is 0 Å². The van der Waals surface area contributed by atoms with Crippen molar-refractivity contribution in [1.82, 2.24) is 25.1 Å². The first-order valence-electron chi connectivity index (χ1n) is 11.2. The fraction of sp³-hybridized carbons (Fsp3) is 0.522. The lowest BCUT2D eigenvalue weighted by Crippen LogP contribution is -2.39. The lowest BCUT2D eigenvalue weighted by molar-refractivity contribution is 0.166. The van der Waals surface area contributed by atoms with Crippen molar-refractivity contribution in [2.24, 2.45) is 5.92 Å². The smallest absolute Gasteiger partial charge is 0.225 e. The summed E-state index contributed by atoms with van der Waals surface area (Å²) in [7, 11) is 0. The molecule has 0 radical (unpaired) electrons. The quantitative estimate of drug-likeness (QED) is 0.677. The Morgan fingerprint density at radius 1 is 1.23 bits per heavy atom. The van der Waals surface area contributed by atoms with Gasteiger partial charge in [0.15, 0.2) is 0 Å². The topological polar surface area (TPSA) is 60.9 Å². The highest BCUT2D eigenvalue weighted by molar-refractivity contribution is 7.13. The maximum absolute atomic E-state index is 5.07. The highest BCUT2D eigenvalue weighted by Crippen LogP contribution is 2.44. The molecule has 3 aliphatic heterocycles. The lowest BCUT2D eigenvalue weighted by atomic mass is 9.98. The molecular formula is C23H28N6S. The Balaban J connectivity index is 1.26. The Kier molecular flexibility index (Phi) is 4.61. The average Bonchev–Trinajstić information content (AvgIpc) is 3.49. The molecule has 0 spiro atoms. The molecular weight excluding hydrogens is 392 g/mol. The molecule has 0 unspecified atom stereocenters. The van der Waals surface area contributed by atoms with Crippen LogP contribution in [-0.4, -0.2) is 44.2 Å². The third-order valence-corrected chi connectivity index (χ3v) is 7.98. The van der Waals surface area contributed by atoms with Crippen LogP contribution in [0.4, 0.5) is 5.95 Å². The molecule has 2 bridgehead atoms. The van der Waals surface area contributed by atoms with Crippen LogP contribution in [0.5, 0.6) is 0 Å². The van der Waals surface area contributed by atoms with Crippen LogP contribution in [0.15, 0.2) is 29.9 Å². The highest BCUT2D eigenvalue weighted by atomic mass is 32.1. The van der Waals surface area contributed by atoms with Gasteiger partial charge in [-0.2, -0.15) is 5.10 Å². The first-order chi connectivity index (χ1) is 14.8. The molecule has 3 aliphatic rings. The number of hydrogen-bond donors (Lipinski definition) is 1. The third-order valence-electron chi connectivity index (χ3n) is 7.10. The Morgan fingerprint density at radius 2 is 2.20 bits per heavy atom. The largest absolute Gasteiger partial charge is 0.341 e. The van der Waals surface area contributed by atoms with Crippen molar-refractivity contribution in [3.05, 3.63) is 46.7 Å². The van der Waals surface area contributed by atoms with E-state index in [0.29, 0.717) is 12.1 Å². The number of H-pyrrole nitrogens is 1. The number of fused-ring (bicyclic) bond motifs is 4. The van der Waals surface area contributed by atoms with Gasteiger partial charge in [0.2, 0.25) is 5.95 Å². The normalized spacial score (nSPS) is 26.2. The van der Waals surface area contributed by atoms with Gasteiger partial charge in [-0.15, -0.1) is 11.3 Å². The minimum atomic E-state index is 0.430. The minimum Gasteiger partial charge on any atom is -0.341 e. The summed E-state index contributed by atoms with van der Waals surface area (Å²) in [5.41, 5.74) is 5.09. The monoisotopic (exact) mass is 420 g/mol. The van der Waals surface area contributed by atoms with Crippen molar-refractivity contribution in [2.45, 2.75) is 57.7 Å². The van der Waals surface area contributed by atoms with Crippen molar-refractivity contribution in [1.29, 1.82) is 0 Å². The second-order valence-electron chi connectivity index (χ2n) is 9.14. The number of nitrogens with one attached hydrogen (secondary N) is 1. The Bertz CT molecular complexity index is 1030. The van der Waals surface area contributed by atoms with Crippen LogP contribution in [0.2, 0.25) is 0 Å². The molecule has 3 atom stereocenters. The van der Waals surface area contributed by atoms with Crippen molar-refractivity contribution < 1.29 is 0 Å². The summed E-state index contributed by atoms with van der Waals surface area (Å²) in [6, 6.07) is 5.26. The van der Waals surface area contributed by atoms with Gasteiger partial charge in [-0.3, -0.25) is 10.00 Å². The molecule has 156 valence electrons. The van der Waals surface area contributed by atoms with Gasteiger partial charge in [0.05, 0.1) is 22.5 Å². The van der Waals surface area contributed by atoms with Gasteiger partial charge in [-0.05, 0) is 43.0 Å². The fourth-order valence-electron chi connectivity index (χ4n) is 5.60. The Hall–Kier alpha value is -2.25. The van der Waals surface area contributed by atoms with E-state index in [1.165, 1.54) is 53.1 Å². The van der Waals surface area contributed by atoms with Gasteiger partial charge < -0.3 is 4.90 Å². The molecule has 7 heteroatoms. The second kappa shape index (κ2) is 7.46. The number of thiophene rings is 1. The maximum Gasteiger partial charge on any atom is 0.225 e. The van der Waals surface area contributed by atoms with Crippen LogP contribution in [0.1, 0.15) is 55.5 Å².